The molecule has 0 atom stereocenters. The molecule has 2 rings (SSSR count). The molecule has 0 saturated heterocycles. The molecule has 0 amide bonds. The number of fused-ring (bicyclic) bond motifs is 1. The minimum Gasteiger partial charge on any atom is -0.496 e. The lowest BCUT2D eigenvalue weighted by Crippen LogP contribution is -1.93. The zero-order chi connectivity index (χ0) is 13.1. The molecule has 0 saturated carbocycles. The van der Waals surface area contributed by atoms with Crippen molar-refractivity contribution in [3.63, 3.8) is 0 Å². The first-order valence-corrected chi connectivity index (χ1v) is 7.14. The van der Waals surface area contributed by atoms with Crippen LogP contribution in [0.1, 0.15) is 41.9 Å². The largest absolute Gasteiger partial charge is 0.496 e. The van der Waals surface area contributed by atoms with Gasteiger partial charge < -0.3 is 4.74 Å². The highest BCUT2D eigenvalue weighted by atomic mass is 32.1. The molecule has 2 nitrogen and oxygen atoms in total. The first-order valence-electron chi connectivity index (χ1n) is 6.33. The number of methoxy groups -OCH3 is 1. The van der Waals surface area contributed by atoms with Crippen LogP contribution in [0.15, 0.2) is 18.2 Å². The molecule has 1 aromatic carbocycles. The van der Waals surface area contributed by atoms with E-state index in [2.05, 4.69) is 13.0 Å². The van der Waals surface area contributed by atoms with Crippen molar-refractivity contribution in [2.45, 2.75) is 33.1 Å². The van der Waals surface area contributed by atoms with Crippen LogP contribution in [0.4, 0.5) is 0 Å². The number of carbonyl (C=O) groups excluding carboxylic acids is 1. The van der Waals surface area contributed by atoms with E-state index in [9.17, 15) is 4.79 Å². The molecule has 3 heteroatoms. The summed E-state index contributed by atoms with van der Waals surface area (Å²) in [5.74, 6) is 1.16. The topological polar surface area (TPSA) is 26.3 Å². The Morgan fingerprint density at radius 1 is 1.28 bits per heavy atom. The summed E-state index contributed by atoms with van der Waals surface area (Å²) < 4.78 is 6.55. The van der Waals surface area contributed by atoms with E-state index in [4.69, 9.17) is 4.74 Å². The molecule has 96 valence electrons. The maximum atomic E-state index is 11.9. The van der Waals surface area contributed by atoms with Gasteiger partial charge in [0.25, 0.3) is 0 Å². The summed E-state index contributed by atoms with van der Waals surface area (Å²) in [5.41, 5.74) is 1.20. The first kappa shape index (κ1) is 13.1. The molecule has 2 aromatic rings. The van der Waals surface area contributed by atoms with E-state index in [1.807, 2.05) is 19.1 Å². The van der Waals surface area contributed by atoms with Crippen molar-refractivity contribution in [3.05, 3.63) is 28.6 Å². The van der Waals surface area contributed by atoms with Crippen molar-refractivity contribution in [3.8, 4) is 5.75 Å². The molecule has 1 heterocycles. The molecule has 0 radical (unpaired) electrons. The molecule has 0 N–H and O–H groups in total. The van der Waals surface area contributed by atoms with E-state index in [0.717, 1.165) is 28.9 Å². The van der Waals surface area contributed by atoms with Crippen LogP contribution in [0.25, 0.3) is 10.1 Å². The third kappa shape index (κ3) is 2.41. The molecule has 18 heavy (non-hydrogen) atoms. The highest BCUT2D eigenvalue weighted by Crippen LogP contribution is 2.32. The van der Waals surface area contributed by atoms with Gasteiger partial charge in [0.15, 0.2) is 5.78 Å². The van der Waals surface area contributed by atoms with Crippen LogP contribution >= 0.6 is 11.3 Å². The minimum atomic E-state index is 0.246. The number of rotatable bonds is 5. The van der Waals surface area contributed by atoms with E-state index in [1.54, 1.807) is 18.4 Å². The van der Waals surface area contributed by atoms with Crippen molar-refractivity contribution in [1.29, 1.82) is 0 Å². The molecular formula is C15H18O2S. The lowest BCUT2D eigenvalue weighted by molar-refractivity contribution is 0.0985. The fourth-order valence-corrected chi connectivity index (χ4v) is 3.14. The van der Waals surface area contributed by atoms with Crippen molar-refractivity contribution in [1.82, 2.24) is 0 Å². The van der Waals surface area contributed by atoms with Crippen LogP contribution < -0.4 is 4.74 Å². The Kier molecular flexibility index (Phi) is 4.02. The normalized spacial score (nSPS) is 10.8. The van der Waals surface area contributed by atoms with Crippen LogP contribution in [0, 0.1) is 0 Å². The predicted molar refractivity (Wildman–Crippen MR) is 77.0 cm³/mol. The smallest absolute Gasteiger partial charge is 0.172 e. The molecule has 0 aliphatic rings. The number of Topliss-reactive ketones (excluding diaryl/α,β-unsaturated/α-hetero) is 1. The SMILES string of the molecule is CCCC(=O)c1cc2cc(OC)c(CC)cc2s1. The number of aryl methyl sites for hydroxylation is 1. The van der Waals surface area contributed by atoms with Gasteiger partial charge in [-0.3, -0.25) is 4.79 Å². The number of benzene rings is 1. The molecule has 1 aromatic heterocycles. The van der Waals surface area contributed by atoms with Crippen molar-refractivity contribution in [2.24, 2.45) is 0 Å². The number of hydrogen-bond donors (Lipinski definition) is 0. The first-order chi connectivity index (χ1) is 8.69. The number of ether oxygens (including phenoxy) is 1. The van der Waals surface area contributed by atoms with E-state index in [0.29, 0.717) is 6.42 Å². The molecule has 0 aliphatic carbocycles. The van der Waals surface area contributed by atoms with Gasteiger partial charge in [0.2, 0.25) is 0 Å². The number of carbonyl (C=O) groups is 1. The zero-order valence-electron chi connectivity index (χ0n) is 11.1. The lowest BCUT2D eigenvalue weighted by Gasteiger charge is -2.05. The summed E-state index contributed by atoms with van der Waals surface area (Å²) in [6.07, 6.45) is 2.47. The summed E-state index contributed by atoms with van der Waals surface area (Å²) in [6, 6.07) is 6.16. The quantitative estimate of drug-likeness (QED) is 0.744. The molecule has 0 fully saturated rings. The zero-order valence-corrected chi connectivity index (χ0v) is 11.9. The van der Waals surface area contributed by atoms with Gasteiger partial charge in [-0.2, -0.15) is 0 Å². The predicted octanol–water partition coefficient (Wildman–Crippen LogP) is 4.46. The van der Waals surface area contributed by atoms with Gasteiger partial charge in [-0.25, -0.2) is 0 Å². The Morgan fingerprint density at radius 3 is 2.67 bits per heavy atom. The second-order valence-corrected chi connectivity index (χ2v) is 5.42. The van der Waals surface area contributed by atoms with Crippen LogP contribution in [0.5, 0.6) is 5.75 Å². The fourth-order valence-electron chi connectivity index (χ4n) is 2.06. The maximum Gasteiger partial charge on any atom is 0.172 e. The van der Waals surface area contributed by atoms with Crippen LogP contribution in [0.2, 0.25) is 0 Å². The van der Waals surface area contributed by atoms with Gasteiger partial charge in [-0.15, -0.1) is 11.3 Å². The molecule has 0 spiro atoms. The van der Waals surface area contributed by atoms with Crippen molar-refractivity contribution < 1.29 is 9.53 Å². The third-order valence-corrected chi connectivity index (χ3v) is 4.19. The van der Waals surface area contributed by atoms with Crippen molar-refractivity contribution in [2.75, 3.05) is 7.11 Å². The summed E-state index contributed by atoms with van der Waals surface area (Å²) in [5, 5.41) is 1.11. The summed E-state index contributed by atoms with van der Waals surface area (Å²) in [4.78, 5) is 12.8. The molecule has 0 aliphatic heterocycles. The third-order valence-electron chi connectivity index (χ3n) is 3.05. The second-order valence-electron chi connectivity index (χ2n) is 4.34. The highest BCUT2D eigenvalue weighted by Gasteiger charge is 2.11. The van der Waals surface area contributed by atoms with E-state index in [1.165, 1.54) is 10.3 Å². The number of ketones is 1. The summed E-state index contributed by atoms with van der Waals surface area (Å²) in [6.45, 7) is 4.14. The van der Waals surface area contributed by atoms with Gasteiger partial charge in [0.05, 0.1) is 12.0 Å². The van der Waals surface area contributed by atoms with Gasteiger partial charge >= 0.3 is 0 Å². The van der Waals surface area contributed by atoms with Gasteiger partial charge in [0.1, 0.15) is 5.75 Å². The van der Waals surface area contributed by atoms with Crippen LogP contribution in [-0.4, -0.2) is 12.9 Å². The Morgan fingerprint density at radius 2 is 2.06 bits per heavy atom. The Labute approximate surface area is 112 Å². The highest BCUT2D eigenvalue weighted by molar-refractivity contribution is 7.20. The van der Waals surface area contributed by atoms with Crippen LogP contribution in [0.3, 0.4) is 0 Å². The summed E-state index contributed by atoms with van der Waals surface area (Å²) >= 11 is 1.59. The maximum absolute atomic E-state index is 11.9. The van der Waals surface area contributed by atoms with E-state index in [-0.39, 0.29) is 5.78 Å². The Balaban J connectivity index is 2.47. The minimum absolute atomic E-state index is 0.246. The number of hydrogen-bond acceptors (Lipinski definition) is 3. The Hall–Kier alpha value is -1.35. The van der Waals surface area contributed by atoms with Gasteiger partial charge in [-0.1, -0.05) is 13.8 Å². The van der Waals surface area contributed by atoms with Gasteiger partial charge in [-0.05, 0) is 42.0 Å². The average molecular weight is 262 g/mol. The molecule has 0 bridgehead atoms. The fraction of sp³-hybridized carbons (Fsp3) is 0.400. The van der Waals surface area contributed by atoms with Crippen molar-refractivity contribution >= 4 is 27.2 Å². The summed E-state index contributed by atoms with van der Waals surface area (Å²) in [7, 11) is 1.69. The molecule has 0 unspecified atom stereocenters. The number of thiophene rings is 1. The standard InChI is InChI=1S/C15H18O2S/c1-4-6-12(16)15-9-11-7-13(17-3)10(5-2)8-14(11)18-15/h7-9H,4-6H2,1-3H3. The van der Waals surface area contributed by atoms with E-state index >= 15 is 0 Å². The lowest BCUT2D eigenvalue weighted by atomic mass is 10.1. The monoisotopic (exact) mass is 262 g/mol. The average Bonchev–Trinajstić information content (AvgIpc) is 2.80. The van der Waals surface area contributed by atoms with E-state index < -0.39 is 0 Å². The second kappa shape index (κ2) is 5.53. The van der Waals surface area contributed by atoms with Crippen LogP contribution in [-0.2, 0) is 6.42 Å². The Bertz CT molecular complexity index is 528. The van der Waals surface area contributed by atoms with Gasteiger partial charge in [0, 0.05) is 11.1 Å². The molecular weight excluding hydrogens is 244 g/mol.